The molecule has 2 aliphatic heterocycles. The lowest BCUT2D eigenvalue weighted by Gasteiger charge is -2.30. The Hall–Kier alpha value is -1.62. The van der Waals surface area contributed by atoms with Crippen molar-refractivity contribution in [1.82, 2.24) is 15.2 Å². The van der Waals surface area contributed by atoms with E-state index in [4.69, 9.17) is 4.74 Å². The number of nitrogens with zero attached hydrogens (tertiary/aromatic N) is 2. The first-order valence-electron chi connectivity index (χ1n) is 9.86. The first kappa shape index (κ1) is 16.8. The van der Waals surface area contributed by atoms with Crippen molar-refractivity contribution in [2.24, 2.45) is 17.8 Å². The van der Waals surface area contributed by atoms with Crippen LogP contribution in [0.4, 0.5) is 0 Å². The van der Waals surface area contributed by atoms with Crippen LogP contribution in [0.5, 0.6) is 5.88 Å². The number of hydrogen-bond donors (Lipinski definition) is 1. The monoisotopic (exact) mass is 343 g/mol. The summed E-state index contributed by atoms with van der Waals surface area (Å²) in [5.74, 6) is 3.62. The van der Waals surface area contributed by atoms with E-state index in [0.29, 0.717) is 12.3 Å². The minimum absolute atomic E-state index is 0.208. The maximum atomic E-state index is 12.0. The highest BCUT2D eigenvalue weighted by atomic mass is 16.5. The van der Waals surface area contributed by atoms with Crippen molar-refractivity contribution in [3.05, 3.63) is 23.9 Å². The lowest BCUT2D eigenvalue weighted by atomic mass is 9.91. The van der Waals surface area contributed by atoms with Crippen LogP contribution in [0.2, 0.25) is 0 Å². The molecule has 5 nitrogen and oxygen atoms in total. The van der Waals surface area contributed by atoms with Crippen LogP contribution in [0.25, 0.3) is 0 Å². The Balaban J connectivity index is 1.16. The third kappa shape index (κ3) is 4.32. The highest BCUT2D eigenvalue weighted by molar-refractivity contribution is 5.79. The first-order valence-corrected chi connectivity index (χ1v) is 9.86. The van der Waals surface area contributed by atoms with E-state index in [9.17, 15) is 4.79 Å². The highest BCUT2D eigenvalue weighted by Crippen LogP contribution is 2.49. The zero-order valence-electron chi connectivity index (χ0n) is 15.0. The molecule has 1 aromatic rings. The molecule has 0 bridgehead atoms. The molecule has 2 saturated heterocycles. The first-order chi connectivity index (χ1) is 12.3. The summed E-state index contributed by atoms with van der Waals surface area (Å²) in [5, 5.41) is 3.45. The molecule has 2 atom stereocenters. The van der Waals surface area contributed by atoms with Gasteiger partial charge in [-0.2, -0.15) is 0 Å². The number of hydrogen-bond acceptors (Lipinski definition) is 4. The molecular weight excluding hydrogens is 314 g/mol. The van der Waals surface area contributed by atoms with Crippen molar-refractivity contribution < 1.29 is 9.53 Å². The van der Waals surface area contributed by atoms with Gasteiger partial charge in [-0.3, -0.25) is 4.79 Å². The van der Waals surface area contributed by atoms with E-state index in [-0.39, 0.29) is 5.91 Å². The van der Waals surface area contributed by atoms with E-state index in [1.807, 2.05) is 17.0 Å². The molecule has 3 fully saturated rings. The Morgan fingerprint density at radius 1 is 1.28 bits per heavy atom. The lowest BCUT2D eigenvalue weighted by Crippen LogP contribution is -2.42. The summed E-state index contributed by atoms with van der Waals surface area (Å²) in [5.41, 5.74) is 0.970. The Morgan fingerprint density at radius 2 is 2.12 bits per heavy atom. The minimum atomic E-state index is 0.208. The fourth-order valence-electron chi connectivity index (χ4n) is 4.22. The van der Waals surface area contributed by atoms with E-state index in [0.717, 1.165) is 55.9 Å². The zero-order valence-corrected chi connectivity index (χ0v) is 15.0. The number of rotatable bonds is 7. The zero-order chi connectivity index (χ0) is 17.1. The number of carbonyl (C=O) groups excluding carboxylic acids is 1. The fraction of sp³-hybridized carbons (Fsp3) is 0.700. The van der Waals surface area contributed by atoms with Gasteiger partial charge >= 0.3 is 0 Å². The molecule has 1 amide bonds. The van der Waals surface area contributed by atoms with E-state index in [1.54, 1.807) is 6.20 Å². The number of aromatic nitrogens is 1. The molecule has 1 N–H and O–H groups in total. The standard InChI is InChI=1S/C20H29N3O2/c24-20(23-9-1-10-23)12-15-2-3-19(22-14-15)25-11-6-17-13-18(17)16-4-7-21-8-5-16/h2-3,14,16-18,21H,1,4-13H2/t17-,18+/m0/s1. The lowest BCUT2D eigenvalue weighted by molar-refractivity contribution is -0.133. The normalized spacial score (nSPS) is 26.2. The third-order valence-electron chi connectivity index (χ3n) is 6.07. The summed E-state index contributed by atoms with van der Waals surface area (Å²) in [6.45, 7) is 4.97. The molecule has 25 heavy (non-hydrogen) atoms. The summed E-state index contributed by atoms with van der Waals surface area (Å²) in [4.78, 5) is 18.2. The van der Waals surface area contributed by atoms with Crippen LogP contribution in [0, 0.1) is 17.8 Å². The van der Waals surface area contributed by atoms with Crippen LogP contribution in [-0.2, 0) is 11.2 Å². The van der Waals surface area contributed by atoms with Crippen LogP contribution < -0.4 is 10.1 Å². The van der Waals surface area contributed by atoms with Gasteiger partial charge in [0.2, 0.25) is 11.8 Å². The van der Waals surface area contributed by atoms with Gasteiger partial charge in [-0.05, 0) is 68.5 Å². The predicted octanol–water partition coefficient (Wildman–Crippen LogP) is 2.26. The van der Waals surface area contributed by atoms with Crippen LogP contribution in [0.3, 0.4) is 0 Å². The average Bonchev–Trinajstić information content (AvgIpc) is 3.35. The van der Waals surface area contributed by atoms with Crippen LogP contribution >= 0.6 is 0 Å². The topological polar surface area (TPSA) is 54.5 Å². The fourth-order valence-corrected chi connectivity index (χ4v) is 4.22. The summed E-state index contributed by atoms with van der Waals surface area (Å²) < 4.78 is 5.81. The van der Waals surface area contributed by atoms with Gasteiger partial charge in [0, 0.05) is 25.4 Å². The van der Waals surface area contributed by atoms with Crippen molar-refractivity contribution in [3.8, 4) is 5.88 Å². The summed E-state index contributed by atoms with van der Waals surface area (Å²) in [7, 11) is 0. The molecule has 5 heteroatoms. The molecule has 0 radical (unpaired) electrons. The second kappa shape index (κ2) is 7.73. The van der Waals surface area contributed by atoms with Gasteiger partial charge in [0.25, 0.3) is 0 Å². The highest BCUT2D eigenvalue weighted by Gasteiger charge is 2.42. The smallest absolute Gasteiger partial charge is 0.227 e. The number of pyridine rings is 1. The van der Waals surface area contributed by atoms with Crippen molar-refractivity contribution in [2.75, 3.05) is 32.8 Å². The summed E-state index contributed by atoms with van der Waals surface area (Å²) in [6, 6.07) is 3.87. The van der Waals surface area contributed by atoms with E-state index in [1.165, 1.54) is 32.4 Å². The molecule has 1 aromatic heterocycles. The van der Waals surface area contributed by atoms with Crippen LogP contribution in [0.15, 0.2) is 18.3 Å². The van der Waals surface area contributed by atoms with E-state index >= 15 is 0 Å². The van der Waals surface area contributed by atoms with Crippen molar-refractivity contribution in [3.63, 3.8) is 0 Å². The van der Waals surface area contributed by atoms with Crippen molar-refractivity contribution >= 4 is 5.91 Å². The molecule has 4 rings (SSSR count). The number of nitrogens with one attached hydrogen (secondary N) is 1. The molecule has 3 aliphatic rings. The number of ether oxygens (including phenoxy) is 1. The van der Waals surface area contributed by atoms with Crippen molar-refractivity contribution in [2.45, 2.75) is 38.5 Å². The Morgan fingerprint density at radius 3 is 2.80 bits per heavy atom. The number of likely N-dealkylation sites (tertiary alicyclic amines) is 1. The van der Waals surface area contributed by atoms with E-state index < -0.39 is 0 Å². The maximum Gasteiger partial charge on any atom is 0.227 e. The largest absolute Gasteiger partial charge is 0.478 e. The molecule has 1 saturated carbocycles. The van der Waals surface area contributed by atoms with Crippen LogP contribution in [0.1, 0.15) is 37.7 Å². The maximum absolute atomic E-state index is 12.0. The molecule has 0 aromatic carbocycles. The Labute approximate surface area is 150 Å². The average molecular weight is 343 g/mol. The molecule has 0 unspecified atom stereocenters. The van der Waals surface area contributed by atoms with Gasteiger partial charge in [-0.15, -0.1) is 0 Å². The van der Waals surface area contributed by atoms with E-state index in [2.05, 4.69) is 10.3 Å². The number of carbonyl (C=O) groups is 1. The Bertz CT molecular complexity index is 579. The molecule has 136 valence electrons. The number of piperidine rings is 1. The SMILES string of the molecule is O=C(Cc1ccc(OCC[C@H]2C[C@@H]2C2CCNCC2)nc1)N1CCC1. The quantitative estimate of drug-likeness (QED) is 0.825. The number of amides is 1. The van der Waals surface area contributed by atoms with Crippen molar-refractivity contribution in [1.29, 1.82) is 0 Å². The van der Waals surface area contributed by atoms with Gasteiger partial charge in [0.15, 0.2) is 0 Å². The van der Waals surface area contributed by atoms with Gasteiger partial charge < -0.3 is 15.0 Å². The third-order valence-corrected chi connectivity index (χ3v) is 6.07. The molecule has 0 spiro atoms. The molecular formula is C20H29N3O2. The van der Waals surface area contributed by atoms with Gasteiger partial charge in [-0.1, -0.05) is 6.07 Å². The van der Waals surface area contributed by atoms with Gasteiger partial charge in [-0.25, -0.2) is 4.98 Å². The van der Waals surface area contributed by atoms with Gasteiger partial charge in [0.1, 0.15) is 0 Å². The second-order valence-electron chi connectivity index (χ2n) is 7.80. The summed E-state index contributed by atoms with van der Waals surface area (Å²) >= 11 is 0. The minimum Gasteiger partial charge on any atom is -0.478 e. The molecule has 1 aliphatic carbocycles. The molecule has 3 heterocycles. The predicted molar refractivity (Wildman–Crippen MR) is 96.4 cm³/mol. The summed E-state index contributed by atoms with van der Waals surface area (Å²) in [6.07, 6.45) is 8.60. The van der Waals surface area contributed by atoms with Gasteiger partial charge in [0.05, 0.1) is 13.0 Å². The second-order valence-corrected chi connectivity index (χ2v) is 7.80. The van der Waals surface area contributed by atoms with Crippen LogP contribution in [-0.4, -0.2) is 48.6 Å². The Kier molecular flexibility index (Phi) is 5.20.